The van der Waals surface area contributed by atoms with E-state index < -0.39 is 0 Å². The summed E-state index contributed by atoms with van der Waals surface area (Å²) >= 11 is 1.82. The van der Waals surface area contributed by atoms with E-state index in [0.717, 1.165) is 47.8 Å². The number of hydrogen-bond donors (Lipinski definition) is 1. The third kappa shape index (κ3) is 4.80. The first-order chi connectivity index (χ1) is 9.63. The van der Waals surface area contributed by atoms with Crippen LogP contribution in [-0.2, 0) is 12.8 Å². The molecular weight excluding hydrogens is 308 g/mol. The number of ether oxygens (including phenoxy) is 2. The van der Waals surface area contributed by atoms with E-state index in [9.17, 15) is 0 Å². The number of thioether (sulfide) groups is 1. The van der Waals surface area contributed by atoms with Crippen molar-refractivity contribution in [2.75, 3.05) is 26.5 Å². The van der Waals surface area contributed by atoms with E-state index in [1.807, 2.05) is 24.8 Å². The second kappa shape index (κ2) is 8.51. The lowest BCUT2D eigenvalue weighted by Gasteiger charge is -2.16. The van der Waals surface area contributed by atoms with Gasteiger partial charge in [0.25, 0.3) is 0 Å². The lowest BCUT2D eigenvalue weighted by Crippen LogP contribution is -2.18. The molecule has 0 amide bonds. The second-order valence-corrected chi connectivity index (χ2v) is 6.13. The van der Waals surface area contributed by atoms with Gasteiger partial charge in [-0.3, -0.25) is 4.99 Å². The zero-order valence-electron chi connectivity index (χ0n) is 12.7. The third-order valence-electron chi connectivity index (χ3n) is 3.22. The molecule has 1 aliphatic rings. The Bertz CT molecular complexity index is 507. The van der Waals surface area contributed by atoms with Gasteiger partial charge in [-0.25, -0.2) is 0 Å². The molecule has 2 N–H and O–H groups in total. The Labute approximate surface area is 136 Å². The molecule has 1 atom stereocenters. The first-order valence-corrected chi connectivity index (χ1v) is 7.78. The monoisotopic (exact) mass is 330 g/mol. The second-order valence-electron chi connectivity index (χ2n) is 4.96. The van der Waals surface area contributed by atoms with E-state index in [-0.39, 0.29) is 18.4 Å². The van der Waals surface area contributed by atoms with Gasteiger partial charge in [0.15, 0.2) is 0 Å². The van der Waals surface area contributed by atoms with Gasteiger partial charge in [-0.2, -0.15) is 0 Å². The fourth-order valence-corrected chi connectivity index (χ4v) is 3.18. The average molecular weight is 331 g/mol. The van der Waals surface area contributed by atoms with Crippen LogP contribution in [-0.4, -0.2) is 37.6 Å². The van der Waals surface area contributed by atoms with Crippen LogP contribution in [0.3, 0.4) is 0 Å². The van der Waals surface area contributed by atoms with Crippen molar-refractivity contribution in [3.05, 3.63) is 23.3 Å². The van der Waals surface area contributed by atoms with E-state index >= 15 is 0 Å². The minimum absolute atomic E-state index is 0. The predicted octanol–water partition coefficient (Wildman–Crippen LogP) is 2.70. The average Bonchev–Trinajstić information content (AvgIpc) is 2.92. The maximum absolute atomic E-state index is 5.89. The first-order valence-electron chi connectivity index (χ1n) is 6.79. The molecular formula is C15H23ClN2O2S. The van der Waals surface area contributed by atoms with Crippen LogP contribution in [0.25, 0.3) is 0 Å². The van der Waals surface area contributed by atoms with Crippen LogP contribution in [0.4, 0.5) is 0 Å². The van der Waals surface area contributed by atoms with Gasteiger partial charge in [0.1, 0.15) is 11.5 Å². The van der Waals surface area contributed by atoms with E-state index in [4.69, 9.17) is 15.2 Å². The molecule has 21 heavy (non-hydrogen) atoms. The normalized spacial score (nSPS) is 15.1. The highest BCUT2D eigenvalue weighted by Gasteiger charge is 2.16. The molecule has 6 heteroatoms. The predicted molar refractivity (Wildman–Crippen MR) is 92.6 cm³/mol. The lowest BCUT2D eigenvalue weighted by atomic mass is 10.0. The van der Waals surface area contributed by atoms with Crippen molar-refractivity contribution in [1.29, 1.82) is 0 Å². The number of aliphatic imine (C=N–C) groups is 1. The lowest BCUT2D eigenvalue weighted by molar-refractivity contribution is 0.395. The number of nitrogens with two attached hydrogens (primary N) is 1. The van der Waals surface area contributed by atoms with Gasteiger partial charge in [0.05, 0.1) is 19.3 Å². The highest BCUT2D eigenvalue weighted by Crippen LogP contribution is 2.31. The van der Waals surface area contributed by atoms with Crippen LogP contribution in [0.1, 0.15) is 18.1 Å². The van der Waals surface area contributed by atoms with Crippen molar-refractivity contribution in [2.24, 2.45) is 10.7 Å². The largest absolute Gasteiger partial charge is 0.496 e. The van der Waals surface area contributed by atoms with Crippen molar-refractivity contribution >= 4 is 29.2 Å². The number of halogens is 1. The Balaban J connectivity index is 0.00000220. The van der Waals surface area contributed by atoms with E-state index in [2.05, 4.69) is 11.1 Å². The molecule has 0 spiro atoms. The fraction of sp³-hybridized carbons (Fsp3) is 0.533. The highest BCUT2D eigenvalue weighted by atomic mass is 35.5. The summed E-state index contributed by atoms with van der Waals surface area (Å²) in [5.74, 6) is 2.84. The number of methoxy groups -OCH3 is 2. The van der Waals surface area contributed by atoms with Crippen LogP contribution in [0.15, 0.2) is 17.1 Å². The smallest absolute Gasteiger partial charge is 0.123 e. The topological polar surface area (TPSA) is 56.8 Å². The summed E-state index contributed by atoms with van der Waals surface area (Å²) in [7, 11) is 3.39. The van der Waals surface area contributed by atoms with Crippen molar-refractivity contribution < 1.29 is 9.47 Å². The number of rotatable bonds is 6. The Morgan fingerprint density at radius 2 is 1.86 bits per heavy atom. The summed E-state index contributed by atoms with van der Waals surface area (Å²) in [6.45, 7) is 2.91. The first kappa shape index (κ1) is 18.1. The third-order valence-corrected chi connectivity index (χ3v) is 4.21. The minimum Gasteiger partial charge on any atom is -0.496 e. The molecule has 0 fully saturated rings. The van der Waals surface area contributed by atoms with Crippen LogP contribution in [0.5, 0.6) is 11.5 Å². The molecule has 0 bridgehead atoms. The Hall–Kier alpha value is -0.910. The van der Waals surface area contributed by atoms with Gasteiger partial charge in [0, 0.05) is 30.3 Å². The van der Waals surface area contributed by atoms with E-state index in [1.54, 1.807) is 14.2 Å². The summed E-state index contributed by atoms with van der Waals surface area (Å²) < 4.78 is 11.0. The van der Waals surface area contributed by atoms with Crippen LogP contribution in [0, 0.1) is 0 Å². The van der Waals surface area contributed by atoms with Gasteiger partial charge in [-0.15, -0.1) is 24.2 Å². The van der Waals surface area contributed by atoms with Gasteiger partial charge in [-0.1, -0.05) is 0 Å². The summed E-state index contributed by atoms with van der Waals surface area (Å²) in [4.78, 5) is 4.50. The zero-order valence-corrected chi connectivity index (χ0v) is 14.4. The van der Waals surface area contributed by atoms with E-state index in [0.29, 0.717) is 0 Å². The molecule has 1 heterocycles. The quantitative estimate of drug-likeness (QED) is 0.871. The molecule has 0 unspecified atom stereocenters. The molecule has 1 aromatic rings. The summed E-state index contributed by atoms with van der Waals surface area (Å²) in [6.07, 6.45) is 1.58. The summed E-state index contributed by atoms with van der Waals surface area (Å²) in [5.41, 5.74) is 8.09. The van der Waals surface area contributed by atoms with Crippen molar-refractivity contribution in [3.8, 4) is 11.5 Å². The minimum atomic E-state index is 0. The molecule has 0 saturated heterocycles. The van der Waals surface area contributed by atoms with Crippen LogP contribution in [0.2, 0.25) is 0 Å². The Kier molecular flexibility index (Phi) is 7.35. The molecule has 118 valence electrons. The standard InChI is InChI=1S/C15H22N2O2S.ClH/c1-10(16)6-11-7-14(19-3)12(8-13(11)18-2)9-15-17-4-5-20-15;/h7-8,10H,4-6,9,16H2,1-3H3;1H/t10-;/m1./s1. The van der Waals surface area contributed by atoms with Crippen molar-refractivity contribution in [3.63, 3.8) is 0 Å². The van der Waals surface area contributed by atoms with Crippen LogP contribution >= 0.6 is 24.2 Å². The highest BCUT2D eigenvalue weighted by molar-refractivity contribution is 8.14. The van der Waals surface area contributed by atoms with E-state index in [1.165, 1.54) is 5.04 Å². The molecule has 1 aliphatic heterocycles. The summed E-state index contributed by atoms with van der Waals surface area (Å²) in [5, 5.41) is 1.17. The molecule has 2 rings (SSSR count). The Morgan fingerprint density at radius 3 is 2.38 bits per heavy atom. The zero-order chi connectivity index (χ0) is 14.5. The van der Waals surface area contributed by atoms with Gasteiger partial charge in [0.2, 0.25) is 0 Å². The number of hydrogen-bond acceptors (Lipinski definition) is 5. The molecule has 0 aliphatic carbocycles. The molecule has 0 radical (unpaired) electrons. The van der Waals surface area contributed by atoms with Crippen LogP contribution < -0.4 is 15.2 Å². The Morgan fingerprint density at radius 1 is 1.24 bits per heavy atom. The van der Waals surface area contributed by atoms with Crippen molar-refractivity contribution in [2.45, 2.75) is 25.8 Å². The SMILES string of the molecule is COc1cc(C[C@@H](C)N)c(OC)cc1CC1=NCCS1.Cl. The van der Waals surface area contributed by atoms with Gasteiger partial charge >= 0.3 is 0 Å². The molecule has 0 aromatic heterocycles. The molecule has 1 aromatic carbocycles. The maximum atomic E-state index is 5.89. The molecule has 4 nitrogen and oxygen atoms in total. The number of nitrogens with zero attached hydrogens (tertiary/aromatic N) is 1. The van der Waals surface area contributed by atoms with Crippen molar-refractivity contribution in [1.82, 2.24) is 0 Å². The van der Waals surface area contributed by atoms with Gasteiger partial charge in [-0.05, 0) is 31.0 Å². The summed E-state index contributed by atoms with van der Waals surface area (Å²) in [6, 6.07) is 4.18. The maximum Gasteiger partial charge on any atom is 0.123 e. The fourth-order valence-electron chi connectivity index (χ4n) is 2.32. The molecule has 0 saturated carbocycles. The number of benzene rings is 1. The van der Waals surface area contributed by atoms with Gasteiger partial charge < -0.3 is 15.2 Å².